The zero-order valence-corrected chi connectivity index (χ0v) is 20.3. The van der Waals surface area contributed by atoms with E-state index in [2.05, 4.69) is 27.8 Å². The van der Waals surface area contributed by atoms with Crippen LogP contribution in [0.5, 0.6) is 0 Å². The Balaban J connectivity index is 0.00000181. The van der Waals surface area contributed by atoms with E-state index < -0.39 is 0 Å². The third-order valence-corrected chi connectivity index (χ3v) is 6.38. The van der Waals surface area contributed by atoms with E-state index in [0.717, 1.165) is 43.1 Å². The zero-order valence-electron chi connectivity index (χ0n) is 17.9. The fourth-order valence-electron chi connectivity index (χ4n) is 3.83. The van der Waals surface area contributed by atoms with Crippen molar-refractivity contribution in [3.05, 3.63) is 85.7 Å². The summed E-state index contributed by atoms with van der Waals surface area (Å²) in [5.41, 5.74) is 2.75. The number of pyridine rings is 1. The second-order valence-corrected chi connectivity index (χ2v) is 8.59. The molecule has 0 bridgehead atoms. The molecule has 1 aliphatic rings. The number of amides is 1. The number of carbonyl (C=O) groups excluding carboxylic acids is 1. The van der Waals surface area contributed by atoms with Crippen LogP contribution in [-0.2, 0) is 13.0 Å². The van der Waals surface area contributed by atoms with Gasteiger partial charge >= 0.3 is 0 Å². The Hall–Kier alpha value is -2.19. The first-order valence-electron chi connectivity index (χ1n) is 10.3. The molecule has 4 rings (SSSR count). The summed E-state index contributed by atoms with van der Waals surface area (Å²) in [6, 6.07) is 12.2. The number of benzene rings is 1. The minimum absolute atomic E-state index is 0. The van der Waals surface area contributed by atoms with Crippen LogP contribution in [0, 0.1) is 6.92 Å². The topological polar surface area (TPSA) is 76.0 Å². The van der Waals surface area contributed by atoms with E-state index in [1.54, 1.807) is 15.9 Å². The Bertz CT molecular complexity index is 1080. The van der Waals surface area contributed by atoms with Crippen LogP contribution in [0.25, 0.3) is 0 Å². The van der Waals surface area contributed by atoms with E-state index in [1.165, 1.54) is 5.56 Å². The summed E-state index contributed by atoms with van der Waals surface area (Å²) in [7, 11) is 0. The number of thiazole rings is 1. The van der Waals surface area contributed by atoms with Gasteiger partial charge in [0.1, 0.15) is 5.56 Å². The largest absolute Gasteiger partial charge is 0.346 e. The normalized spacial score (nSPS) is 13.7. The van der Waals surface area contributed by atoms with Crippen LogP contribution >= 0.6 is 36.2 Å². The fourth-order valence-corrected chi connectivity index (χ4v) is 4.66. The number of aromatic nitrogens is 2. The quantitative estimate of drug-likeness (QED) is 0.544. The van der Waals surface area contributed by atoms with Gasteiger partial charge in [-0.1, -0.05) is 30.3 Å². The van der Waals surface area contributed by atoms with Crippen molar-refractivity contribution in [2.75, 3.05) is 13.1 Å². The minimum Gasteiger partial charge on any atom is -0.346 e. The average Bonchev–Trinajstić information content (AvgIpc) is 3.21. The zero-order chi connectivity index (χ0) is 20.9. The molecule has 1 fully saturated rings. The lowest BCUT2D eigenvalue weighted by Crippen LogP contribution is -2.38. The van der Waals surface area contributed by atoms with Gasteiger partial charge in [0.25, 0.3) is 11.5 Å². The van der Waals surface area contributed by atoms with Crippen molar-refractivity contribution in [3.63, 3.8) is 0 Å². The molecule has 0 saturated carbocycles. The summed E-state index contributed by atoms with van der Waals surface area (Å²) in [6.45, 7) is 3.90. The third kappa shape index (κ3) is 6.19. The molecule has 1 amide bonds. The summed E-state index contributed by atoms with van der Waals surface area (Å²) in [5, 5.41) is 9.16. The molecule has 9 heteroatoms. The number of nitrogens with zero attached hydrogens (tertiary/aromatic N) is 2. The van der Waals surface area contributed by atoms with Gasteiger partial charge in [-0.2, -0.15) is 0 Å². The van der Waals surface area contributed by atoms with E-state index in [1.807, 2.05) is 42.8 Å². The smallest absolute Gasteiger partial charge is 0.263 e. The fraction of sp³-hybridized carbons (Fsp3) is 0.348. The predicted octanol–water partition coefficient (Wildman–Crippen LogP) is 3.90. The third-order valence-electron chi connectivity index (χ3n) is 5.48. The Labute approximate surface area is 204 Å². The number of carbonyl (C=O) groups is 1. The molecule has 3 aromatic rings. The van der Waals surface area contributed by atoms with Crippen molar-refractivity contribution in [1.82, 2.24) is 20.2 Å². The number of piperidine rings is 1. The summed E-state index contributed by atoms with van der Waals surface area (Å²) in [5.74, 6) is -0.335. The van der Waals surface area contributed by atoms with E-state index in [9.17, 15) is 9.59 Å². The van der Waals surface area contributed by atoms with E-state index in [-0.39, 0.29) is 47.9 Å². The van der Waals surface area contributed by atoms with Crippen molar-refractivity contribution >= 4 is 42.1 Å². The van der Waals surface area contributed by atoms with E-state index in [0.29, 0.717) is 12.1 Å². The van der Waals surface area contributed by atoms with Crippen molar-refractivity contribution in [1.29, 1.82) is 0 Å². The molecule has 0 spiro atoms. The van der Waals surface area contributed by atoms with Gasteiger partial charge in [-0.25, -0.2) is 4.98 Å². The molecule has 0 aliphatic carbocycles. The lowest BCUT2D eigenvalue weighted by atomic mass is 10.0. The first kappa shape index (κ1) is 26.1. The molecular formula is C23H28Cl2N4O2S. The predicted molar refractivity (Wildman–Crippen MR) is 134 cm³/mol. The Kier molecular flexibility index (Phi) is 9.90. The molecule has 1 aromatic carbocycles. The van der Waals surface area contributed by atoms with Crippen LogP contribution in [0.1, 0.15) is 51.1 Å². The van der Waals surface area contributed by atoms with Crippen molar-refractivity contribution < 1.29 is 4.79 Å². The van der Waals surface area contributed by atoms with Crippen LogP contribution in [0.3, 0.4) is 0 Å². The highest BCUT2D eigenvalue weighted by Crippen LogP contribution is 2.18. The van der Waals surface area contributed by atoms with Crippen LogP contribution < -0.4 is 16.2 Å². The highest BCUT2D eigenvalue weighted by atomic mass is 35.5. The van der Waals surface area contributed by atoms with Crippen molar-refractivity contribution in [2.24, 2.45) is 0 Å². The van der Waals surface area contributed by atoms with Crippen molar-refractivity contribution in [2.45, 2.75) is 38.8 Å². The monoisotopic (exact) mass is 494 g/mol. The van der Waals surface area contributed by atoms with Gasteiger partial charge in [0.05, 0.1) is 17.2 Å². The van der Waals surface area contributed by atoms with Crippen molar-refractivity contribution in [3.8, 4) is 0 Å². The summed E-state index contributed by atoms with van der Waals surface area (Å²) in [6.07, 6.45) is 4.39. The highest BCUT2D eigenvalue weighted by molar-refractivity contribution is 7.09. The summed E-state index contributed by atoms with van der Waals surface area (Å²) in [4.78, 5) is 30.5. The van der Waals surface area contributed by atoms with Gasteiger partial charge < -0.3 is 15.2 Å². The lowest BCUT2D eigenvalue weighted by molar-refractivity contribution is 0.0947. The summed E-state index contributed by atoms with van der Waals surface area (Å²) >= 11 is 1.59. The second-order valence-electron chi connectivity index (χ2n) is 7.64. The number of rotatable bonds is 6. The summed E-state index contributed by atoms with van der Waals surface area (Å²) < 4.78 is 1.73. The molecule has 0 radical (unpaired) electrons. The van der Waals surface area contributed by atoms with E-state index in [4.69, 9.17) is 0 Å². The molecule has 6 nitrogen and oxygen atoms in total. The van der Waals surface area contributed by atoms with Crippen LogP contribution in [-0.4, -0.2) is 28.5 Å². The molecule has 2 N–H and O–H groups in total. The molecule has 172 valence electrons. The molecule has 2 aromatic heterocycles. The maximum absolute atomic E-state index is 13.0. The maximum Gasteiger partial charge on any atom is 0.263 e. The molecule has 0 unspecified atom stereocenters. The van der Waals surface area contributed by atoms with Gasteiger partial charge in [-0.15, -0.1) is 36.2 Å². The average molecular weight is 495 g/mol. The number of hydrogen-bond acceptors (Lipinski definition) is 5. The van der Waals surface area contributed by atoms with Gasteiger partial charge in [0.2, 0.25) is 0 Å². The highest BCUT2D eigenvalue weighted by Gasteiger charge is 2.21. The molecular weight excluding hydrogens is 467 g/mol. The molecule has 1 saturated heterocycles. The number of nitrogens with one attached hydrogen (secondary N) is 2. The standard InChI is InChI=1S/C23H26N4O2S.2ClH/c1-16-9-12-27(19-7-10-24-11-8-19)23(29)21(16)22(28)25-14-18-15-30-20(26-18)13-17-5-3-2-4-6-17;;/h2-6,9,12,15,19,24H,7-8,10-11,13-14H2,1H3,(H,25,28);2*1H. The molecule has 1 aliphatic heterocycles. The Morgan fingerprint density at radius 2 is 1.91 bits per heavy atom. The SMILES string of the molecule is Cc1ccn(C2CCNCC2)c(=O)c1C(=O)NCc1csc(Cc2ccccc2)n1.Cl.Cl. The second kappa shape index (κ2) is 12.2. The first-order valence-corrected chi connectivity index (χ1v) is 11.2. The molecule has 0 atom stereocenters. The lowest BCUT2D eigenvalue weighted by Gasteiger charge is -2.25. The number of aryl methyl sites for hydroxylation is 1. The first-order chi connectivity index (χ1) is 14.6. The number of halogens is 2. The van der Waals surface area contributed by atoms with Crippen LogP contribution in [0.4, 0.5) is 0 Å². The van der Waals surface area contributed by atoms with Gasteiger partial charge in [-0.05, 0) is 50.0 Å². The van der Waals surface area contributed by atoms with Gasteiger partial charge in [0.15, 0.2) is 0 Å². The van der Waals surface area contributed by atoms with E-state index >= 15 is 0 Å². The number of hydrogen-bond donors (Lipinski definition) is 2. The van der Waals surface area contributed by atoms with Crippen LogP contribution in [0.2, 0.25) is 0 Å². The molecule has 3 heterocycles. The maximum atomic E-state index is 13.0. The van der Waals surface area contributed by atoms with Gasteiger partial charge in [-0.3, -0.25) is 9.59 Å². The van der Waals surface area contributed by atoms with Gasteiger partial charge in [0, 0.05) is 24.0 Å². The minimum atomic E-state index is -0.335. The Morgan fingerprint density at radius 1 is 1.19 bits per heavy atom. The Morgan fingerprint density at radius 3 is 2.62 bits per heavy atom. The molecule has 32 heavy (non-hydrogen) atoms. The van der Waals surface area contributed by atoms with Crippen LogP contribution in [0.15, 0.2) is 52.8 Å².